The molecular weight excluding hydrogens is 262 g/mol. The van der Waals surface area contributed by atoms with Gasteiger partial charge in [0.05, 0.1) is 25.9 Å². The monoisotopic (exact) mass is 283 g/mol. The van der Waals surface area contributed by atoms with Crippen molar-refractivity contribution in [1.82, 2.24) is 5.32 Å². The third-order valence-electron chi connectivity index (χ3n) is 3.87. The van der Waals surface area contributed by atoms with Crippen LogP contribution in [0, 0.1) is 0 Å². The van der Waals surface area contributed by atoms with E-state index in [-0.39, 0.29) is 12.1 Å². The summed E-state index contributed by atoms with van der Waals surface area (Å²) in [5.41, 5.74) is 3.73. The largest absolute Gasteiger partial charge is 0.376 e. The molecule has 1 unspecified atom stereocenters. The van der Waals surface area contributed by atoms with E-state index in [9.17, 15) is 0 Å². The van der Waals surface area contributed by atoms with Crippen molar-refractivity contribution in [3.63, 3.8) is 0 Å². The van der Waals surface area contributed by atoms with Crippen molar-refractivity contribution in [1.29, 1.82) is 0 Å². The number of hydrogen-bond donors (Lipinski definition) is 1. The molecule has 3 rings (SSSR count). The molecule has 0 aliphatic carbocycles. The van der Waals surface area contributed by atoms with E-state index in [0.29, 0.717) is 6.61 Å². The average Bonchev–Trinajstić information content (AvgIpc) is 2.51. The molecule has 0 saturated carbocycles. The van der Waals surface area contributed by atoms with Crippen molar-refractivity contribution in [2.24, 2.45) is 0 Å². The Labute approximate surface area is 125 Å². The molecule has 0 amide bonds. The Balaban J connectivity index is 1.66. The van der Waals surface area contributed by atoms with E-state index in [1.54, 1.807) is 0 Å². The van der Waals surface area contributed by atoms with Crippen LogP contribution >= 0.6 is 0 Å². The summed E-state index contributed by atoms with van der Waals surface area (Å²) in [6.45, 7) is 2.13. The molecule has 1 aliphatic heterocycles. The summed E-state index contributed by atoms with van der Waals surface area (Å²) in [6, 6.07) is 19.3. The molecule has 1 saturated heterocycles. The van der Waals surface area contributed by atoms with Gasteiger partial charge < -0.3 is 14.8 Å². The van der Waals surface area contributed by atoms with Gasteiger partial charge >= 0.3 is 0 Å². The Bertz CT molecular complexity index is 549. The van der Waals surface area contributed by atoms with E-state index in [1.165, 1.54) is 16.7 Å². The summed E-state index contributed by atoms with van der Waals surface area (Å²) < 4.78 is 10.9. The predicted octanol–water partition coefficient (Wildman–Crippen LogP) is 3.03. The van der Waals surface area contributed by atoms with Crippen LogP contribution in [0.2, 0.25) is 0 Å². The van der Waals surface area contributed by atoms with E-state index in [0.717, 1.165) is 13.2 Å². The number of nitrogens with one attached hydrogen (secondary N) is 1. The highest BCUT2D eigenvalue weighted by Gasteiger charge is 2.20. The molecule has 1 heterocycles. The van der Waals surface area contributed by atoms with Crippen LogP contribution in [0.1, 0.15) is 11.6 Å². The van der Waals surface area contributed by atoms with Crippen LogP contribution < -0.4 is 5.32 Å². The quantitative estimate of drug-likeness (QED) is 0.884. The van der Waals surface area contributed by atoms with Crippen molar-refractivity contribution in [3.05, 3.63) is 60.2 Å². The molecule has 1 atom stereocenters. The minimum absolute atomic E-state index is 0.218. The third kappa shape index (κ3) is 3.50. The number of likely N-dealkylation sites (N-methyl/N-ethyl adjacent to an activating group) is 1. The van der Waals surface area contributed by atoms with Crippen LogP contribution in [-0.4, -0.2) is 33.0 Å². The van der Waals surface area contributed by atoms with Crippen LogP contribution in [0.15, 0.2) is 54.6 Å². The highest BCUT2D eigenvalue weighted by atomic mass is 16.6. The molecule has 3 nitrogen and oxygen atoms in total. The first-order chi connectivity index (χ1) is 10.4. The molecule has 21 heavy (non-hydrogen) atoms. The highest BCUT2D eigenvalue weighted by molar-refractivity contribution is 5.63. The summed E-state index contributed by atoms with van der Waals surface area (Å²) in [5.74, 6) is 0. The molecule has 0 spiro atoms. The second-order valence-electron chi connectivity index (χ2n) is 5.32. The molecule has 0 radical (unpaired) electrons. The first-order valence-corrected chi connectivity index (χ1v) is 7.39. The van der Waals surface area contributed by atoms with Gasteiger partial charge in [0.25, 0.3) is 0 Å². The maximum absolute atomic E-state index is 5.81. The first-order valence-electron chi connectivity index (χ1n) is 7.39. The van der Waals surface area contributed by atoms with Gasteiger partial charge in [0, 0.05) is 0 Å². The van der Waals surface area contributed by atoms with Gasteiger partial charge in [-0.1, -0.05) is 54.6 Å². The Morgan fingerprint density at radius 1 is 1.05 bits per heavy atom. The molecular formula is C18H21NO2. The lowest BCUT2D eigenvalue weighted by Gasteiger charge is -2.28. The Morgan fingerprint density at radius 3 is 2.29 bits per heavy atom. The van der Waals surface area contributed by atoms with E-state index in [2.05, 4.69) is 53.8 Å². The second kappa shape index (κ2) is 6.85. The minimum atomic E-state index is 0.218. The Kier molecular flexibility index (Phi) is 4.65. The van der Waals surface area contributed by atoms with Crippen LogP contribution in [0.25, 0.3) is 11.1 Å². The fourth-order valence-corrected chi connectivity index (χ4v) is 2.43. The highest BCUT2D eigenvalue weighted by Crippen LogP contribution is 2.22. The molecule has 3 heteroatoms. The van der Waals surface area contributed by atoms with Crippen LogP contribution in [0.3, 0.4) is 0 Å². The van der Waals surface area contributed by atoms with Crippen molar-refractivity contribution < 1.29 is 9.47 Å². The number of benzene rings is 2. The van der Waals surface area contributed by atoms with Gasteiger partial charge in [-0.3, -0.25) is 0 Å². The molecule has 110 valence electrons. The summed E-state index contributed by atoms with van der Waals surface area (Å²) in [5, 5.41) is 3.32. The molecule has 2 aromatic rings. The zero-order valence-corrected chi connectivity index (χ0v) is 12.3. The molecule has 1 aliphatic rings. The first kappa shape index (κ1) is 14.3. The standard InChI is InChI=1S/C18H21NO2/c1-19-18(13-21-17-11-20-12-17)16-9-7-15(8-10-16)14-5-3-2-4-6-14/h2-10,17-19H,11-13H2,1H3. The fraction of sp³-hybridized carbons (Fsp3) is 0.333. The summed E-state index contributed by atoms with van der Waals surface area (Å²) in [6.07, 6.45) is 0.268. The number of ether oxygens (including phenoxy) is 2. The molecule has 0 bridgehead atoms. The van der Waals surface area contributed by atoms with Crippen molar-refractivity contribution in [2.75, 3.05) is 26.9 Å². The molecule has 1 fully saturated rings. The van der Waals surface area contributed by atoms with E-state index in [4.69, 9.17) is 9.47 Å². The summed E-state index contributed by atoms with van der Waals surface area (Å²) in [7, 11) is 1.97. The van der Waals surface area contributed by atoms with Crippen LogP contribution in [0.4, 0.5) is 0 Å². The van der Waals surface area contributed by atoms with Gasteiger partial charge in [-0.2, -0.15) is 0 Å². The van der Waals surface area contributed by atoms with Gasteiger partial charge in [0.2, 0.25) is 0 Å². The zero-order chi connectivity index (χ0) is 14.5. The summed E-state index contributed by atoms with van der Waals surface area (Å²) >= 11 is 0. The normalized spacial score (nSPS) is 16.4. The zero-order valence-electron chi connectivity index (χ0n) is 12.3. The lowest BCUT2D eigenvalue weighted by atomic mass is 10.0. The Morgan fingerprint density at radius 2 is 1.71 bits per heavy atom. The van der Waals surface area contributed by atoms with Crippen LogP contribution in [0.5, 0.6) is 0 Å². The maximum Gasteiger partial charge on any atom is 0.104 e. The molecule has 1 N–H and O–H groups in total. The van der Waals surface area contributed by atoms with Crippen molar-refractivity contribution >= 4 is 0 Å². The van der Waals surface area contributed by atoms with E-state index >= 15 is 0 Å². The number of rotatable bonds is 6. The summed E-state index contributed by atoms with van der Waals surface area (Å²) in [4.78, 5) is 0. The van der Waals surface area contributed by atoms with Gasteiger partial charge in [-0.05, 0) is 23.7 Å². The third-order valence-corrected chi connectivity index (χ3v) is 3.87. The predicted molar refractivity (Wildman–Crippen MR) is 84.2 cm³/mol. The molecule has 2 aromatic carbocycles. The SMILES string of the molecule is CNC(COC1COC1)c1ccc(-c2ccccc2)cc1. The fourth-order valence-electron chi connectivity index (χ4n) is 2.43. The van der Waals surface area contributed by atoms with Gasteiger partial charge in [-0.25, -0.2) is 0 Å². The van der Waals surface area contributed by atoms with Crippen LogP contribution in [-0.2, 0) is 9.47 Å². The van der Waals surface area contributed by atoms with Gasteiger partial charge in [-0.15, -0.1) is 0 Å². The van der Waals surface area contributed by atoms with Crippen molar-refractivity contribution in [2.45, 2.75) is 12.1 Å². The second-order valence-corrected chi connectivity index (χ2v) is 5.32. The Hall–Kier alpha value is -1.68. The van der Waals surface area contributed by atoms with E-state index in [1.807, 2.05) is 13.1 Å². The molecule has 0 aromatic heterocycles. The maximum atomic E-state index is 5.81. The van der Waals surface area contributed by atoms with E-state index < -0.39 is 0 Å². The lowest BCUT2D eigenvalue weighted by molar-refractivity contribution is -0.133. The minimum Gasteiger partial charge on any atom is -0.376 e. The van der Waals surface area contributed by atoms with Crippen molar-refractivity contribution in [3.8, 4) is 11.1 Å². The number of hydrogen-bond acceptors (Lipinski definition) is 3. The van der Waals surface area contributed by atoms with Gasteiger partial charge in [0.15, 0.2) is 0 Å². The lowest BCUT2D eigenvalue weighted by Crippen LogP contribution is -2.38. The topological polar surface area (TPSA) is 30.5 Å². The van der Waals surface area contributed by atoms with Gasteiger partial charge in [0.1, 0.15) is 6.10 Å². The average molecular weight is 283 g/mol. The smallest absolute Gasteiger partial charge is 0.104 e.